The lowest BCUT2D eigenvalue weighted by Crippen LogP contribution is -2.05. The number of esters is 1. The Hall–Kier alpha value is -0.790. The van der Waals surface area contributed by atoms with Gasteiger partial charge in [0.2, 0.25) is 0 Å². The van der Waals surface area contributed by atoms with Gasteiger partial charge in [-0.15, -0.1) is 0 Å². The van der Waals surface area contributed by atoms with Crippen molar-refractivity contribution in [2.24, 2.45) is 5.92 Å². The summed E-state index contributed by atoms with van der Waals surface area (Å²) >= 11 is 0. The Morgan fingerprint density at radius 3 is 1.04 bits per heavy atom. The Morgan fingerprint density at radius 1 is 0.389 bits per heavy atom. The van der Waals surface area contributed by atoms with Crippen LogP contribution < -0.4 is 0 Å². The van der Waals surface area contributed by atoms with Crippen molar-refractivity contribution in [2.75, 3.05) is 6.61 Å². The van der Waals surface area contributed by atoms with E-state index in [-0.39, 0.29) is 5.97 Å². The third kappa shape index (κ3) is 47.4. The second-order valence-electron chi connectivity index (χ2n) is 17.8. The minimum Gasteiger partial charge on any atom is -0.466 e. The molecule has 0 amide bonds. The Labute approximate surface area is 342 Å². The van der Waals surface area contributed by atoms with E-state index in [0.717, 1.165) is 18.8 Å². The molecule has 0 heterocycles. The highest BCUT2D eigenvalue weighted by atomic mass is 16.5. The van der Waals surface area contributed by atoms with E-state index in [4.69, 9.17) is 4.74 Å². The Balaban J connectivity index is 3.16. The Kier molecular flexibility index (Phi) is 47.7. The molecule has 0 spiro atoms. The summed E-state index contributed by atoms with van der Waals surface area (Å²) in [6.45, 7) is 7.64. The second-order valence-corrected chi connectivity index (χ2v) is 17.8. The molecule has 0 aliphatic heterocycles. The van der Waals surface area contributed by atoms with Crippen molar-refractivity contribution >= 4 is 5.97 Å². The number of hydrogen-bond donors (Lipinski definition) is 0. The van der Waals surface area contributed by atoms with E-state index in [2.05, 4.69) is 32.9 Å². The first kappa shape index (κ1) is 53.2. The average molecular weight is 759 g/mol. The summed E-state index contributed by atoms with van der Waals surface area (Å²) < 4.78 is 5.49. The van der Waals surface area contributed by atoms with E-state index in [1.54, 1.807) is 0 Å². The van der Waals surface area contributed by atoms with Gasteiger partial charge in [0, 0.05) is 6.42 Å². The first-order valence-corrected chi connectivity index (χ1v) is 25.5. The zero-order valence-electron chi connectivity index (χ0n) is 37.9. The second kappa shape index (κ2) is 48.4. The van der Waals surface area contributed by atoms with Gasteiger partial charge in [-0.2, -0.15) is 0 Å². The molecule has 1 atom stereocenters. The van der Waals surface area contributed by atoms with Crippen molar-refractivity contribution in [3.8, 4) is 0 Å². The van der Waals surface area contributed by atoms with Crippen LogP contribution in [-0.4, -0.2) is 12.6 Å². The van der Waals surface area contributed by atoms with Crippen LogP contribution in [0.4, 0.5) is 0 Å². The number of ether oxygens (including phenoxy) is 1. The van der Waals surface area contributed by atoms with Crippen molar-refractivity contribution in [1.29, 1.82) is 0 Å². The predicted molar refractivity (Wildman–Crippen MR) is 244 cm³/mol. The first-order valence-electron chi connectivity index (χ1n) is 25.5. The lowest BCUT2D eigenvalue weighted by molar-refractivity contribution is -0.143. The number of rotatable bonds is 47. The minimum atomic E-state index is 0.0257. The van der Waals surface area contributed by atoms with E-state index in [9.17, 15) is 4.79 Å². The monoisotopic (exact) mass is 759 g/mol. The Morgan fingerprint density at radius 2 is 0.685 bits per heavy atom. The van der Waals surface area contributed by atoms with Crippen LogP contribution in [-0.2, 0) is 9.53 Å². The molecule has 0 aromatic carbocycles. The smallest absolute Gasteiger partial charge is 0.305 e. The molecule has 2 nitrogen and oxygen atoms in total. The van der Waals surface area contributed by atoms with E-state index in [1.807, 2.05) is 0 Å². The molecular weight excluding hydrogens is 657 g/mol. The van der Waals surface area contributed by atoms with Crippen molar-refractivity contribution in [2.45, 2.75) is 303 Å². The van der Waals surface area contributed by atoms with E-state index in [0.29, 0.717) is 13.0 Å². The number of carbonyl (C=O) groups excluding carboxylic acids is 1. The third-order valence-corrected chi connectivity index (χ3v) is 12.2. The molecule has 0 aliphatic carbocycles. The molecule has 322 valence electrons. The summed E-state index contributed by atoms with van der Waals surface area (Å²) in [6, 6.07) is 0. The van der Waals surface area contributed by atoms with Gasteiger partial charge >= 0.3 is 5.97 Å². The zero-order valence-corrected chi connectivity index (χ0v) is 37.9. The lowest BCUT2D eigenvalue weighted by atomic mass is 9.99. The summed E-state index contributed by atoms with van der Waals surface area (Å²) in [6.07, 6.45) is 64.9. The molecule has 0 aliphatic rings. The van der Waals surface area contributed by atoms with Gasteiger partial charge in [-0.3, -0.25) is 4.79 Å². The van der Waals surface area contributed by atoms with Crippen LogP contribution in [0.15, 0.2) is 12.2 Å². The minimum absolute atomic E-state index is 0.0257. The van der Waals surface area contributed by atoms with Crippen molar-refractivity contribution < 1.29 is 9.53 Å². The van der Waals surface area contributed by atoms with Gasteiger partial charge in [0.05, 0.1) is 6.61 Å². The molecule has 0 fully saturated rings. The quantitative estimate of drug-likeness (QED) is 0.0351. The highest BCUT2D eigenvalue weighted by molar-refractivity contribution is 5.69. The molecule has 0 aromatic rings. The van der Waals surface area contributed by atoms with Crippen molar-refractivity contribution in [3.63, 3.8) is 0 Å². The first-order chi connectivity index (χ1) is 26.7. The van der Waals surface area contributed by atoms with Crippen molar-refractivity contribution in [1.82, 2.24) is 0 Å². The van der Waals surface area contributed by atoms with E-state index < -0.39 is 0 Å². The normalized spacial score (nSPS) is 12.3. The van der Waals surface area contributed by atoms with Crippen LogP contribution >= 0.6 is 0 Å². The van der Waals surface area contributed by atoms with Crippen LogP contribution in [0.2, 0.25) is 0 Å². The molecule has 0 aromatic heterocycles. The van der Waals surface area contributed by atoms with Crippen LogP contribution in [0.25, 0.3) is 0 Å². The van der Waals surface area contributed by atoms with E-state index in [1.165, 1.54) is 263 Å². The van der Waals surface area contributed by atoms with E-state index >= 15 is 0 Å². The molecule has 0 N–H and O–H groups in total. The summed E-state index contributed by atoms with van der Waals surface area (Å²) in [5, 5.41) is 0. The maximum atomic E-state index is 12.0. The zero-order chi connectivity index (χ0) is 39.1. The highest BCUT2D eigenvalue weighted by Crippen LogP contribution is 2.18. The molecule has 1 unspecified atom stereocenters. The fraction of sp³-hybridized carbons (Fsp3) is 0.942. The van der Waals surface area contributed by atoms with Gasteiger partial charge in [-0.25, -0.2) is 0 Å². The molecular formula is C52H102O2. The Bertz CT molecular complexity index is 713. The van der Waals surface area contributed by atoms with Gasteiger partial charge < -0.3 is 4.74 Å². The molecule has 0 saturated carbocycles. The summed E-state index contributed by atoms with van der Waals surface area (Å²) in [7, 11) is 0. The SMILES string of the molecule is CCCCCCCCC=CCCCCCCCCCC(=O)OCCCCCCCCCCCCCCCCCCCCCCCCCCCCC(C)CC. The van der Waals surface area contributed by atoms with Crippen LogP contribution in [0.1, 0.15) is 303 Å². The average Bonchev–Trinajstić information content (AvgIpc) is 3.18. The van der Waals surface area contributed by atoms with Gasteiger partial charge in [0.25, 0.3) is 0 Å². The molecule has 0 radical (unpaired) electrons. The molecule has 0 bridgehead atoms. The maximum absolute atomic E-state index is 12.0. The standard InChI is InChI=1S/C52H102O2/c1-4-6-7-8-9-10-11-12-13-24-28-31-34-37-40-43-46-49-52(53)54-50-47-44-41-38-35-32-29-26-23-21-19-17-15-14-16-18-20-22-25-27-30-33-36-39-42-45-48-51(3)5-2/h12-13,51H,4-11,14-50H2,1-3H3. The van der Waals surface area contributed by atoms with Crippen LogP contribution in [0.5, 0.6) is 0 Å². The molecule has 0 rings (SSSR count). The topological polar surface area (TPSA) is 26.3 Å². The predicted octanol–water partition coefficient (Wildman–Crippen LogP) is 18.9. The van der Waals surface area contributed by atoms with Crippen molar-refractivity contribution in [3.05, 3.63) is 12.2 Å². The highest BCUT2D eigenvalue weighted by Gasteiger charge is 2.03. The van der Waals surface area contributed by atoms with Gasteiger partial charge in [0.1, 0.15) is 0 Å². The summed E-state index contributed by atoms with van der Waals surface area (Å²) in [5.74, 6) is 0.964. The number of allylic oxidation sites excluding steroid dienone is 2. The summed E-state index contributed by atoms with van der Waals surface area (Å²) in [5.41, 5.74) is 0. The fourth-order valence-corrected chi connectivity index (χ4v) is 7.99. The largest absolute Gasteiger partial charge is 0.466 e. The lowest BCUT2D eigenvalue weighted by Gasteiger charge is -2.07. The number of carbonyl (C=O) groups is 1. The van der Waals surface area contributed by atoms with Gasteiger partial charge in [-0.1, -0.05) is 270 Å². The molecule has 2 heteroatoms. The molecule has 54 heavy (non-hydrogen) atoms. The van der Waals surface area contributed by atoms with Gasteiger partial charge in [0.15, 0.2) is 0 Å². The summed E-state index contributed by atoms with van der Waals surface area (Å²) in [4.78, 5) is 12.0. The number of unbranched alkanes of at least 4 members (excludes halogenated alkanes) is 38. The fourth-order valence-electron chi connectivity index (χ4n) is 7.99. The van der Waals surface area contributed by atoms with Crippen LogP contribution in [0, 0.1) is 5.92 Å². The third-order valence-electron chi connectivity index (χ3n) is 12.2. The maximum Gasteiger partial charge on any atom is 0.305 e. The van der Waals surface area contributed by atoms with Gasteiger partial charge in [-0.05, 0) is 44.4 Å². The molecule has 0 saturated heterocycles. The van der Waals surface area contributed by atoms with Crippen LogP contribution in [0.3, 0.4) is 0 Å². The number of hydrogen-bond acceptors (Lipinski definition) is 2.